The molecule has 2 rings (SSSR count). The Morgan fingerprint density at radius 1 is 1.23 bits per heavy atom. The first-order valence-electron chi connectivity index (χ1n) is 7.70. The van der Waals surface area contributed by atoms with Crippen LogP contribution < -0.4 is 4.72 Å². The average molecular weight is 322 g/mol. The summed E-state index contributed by atoms with van der Waals surface area (Å²) in [5.74, 6) is 0.286. The number of nitrogens with zero attached hydrogens (tertiary/aromatic N) is 1. The summed E-state index contributed by atoms with van der Waals surface area (Å²) in [4.78, 5) is 0.158. The van der Waals surface area contributed by atoms with E-state index in [1.807, 2.05) is 6.07 Å². The topological polar surface area (TPSA) is 90.2 Å². The van der Waals surface area contributed by atoms with Gasteiger partial charge in [-0.15, -0.1) is 0 Å². The molecular formula is C16H22N2O3S. The molecule has 0 amide bonds. The van der Waals surface area contributed by atoms with Crippen LogP contribution in [0.5, 0.6) is 0 Å². The van der Waals surface area contributed by atoms with Crippen LogP contribution in [0.15, 0.2) is 29.2 Å². The molecule has 1 aromatic rings. The lowest BCUT2D eigenvalue weighted by molar-refractivity contribution is 0.221. The van der Waals surface area contributed by atoms with Crippen molar-refractivity contribution < 1.29 is 13.5 Å². The maximum absolute atomic E-state index is 12.5. The largest absolute Gasteiger partial charge is 0.396 e. The fraction of sp³-hybridized carbons (Fsp3) is 0.562. The Morgan fingerprint density at radius 3 is 2.41 bits per heavy atom. The second-order valence-corrected chi connectivity index (χ2v) is 7.49. The molecule has 1 saturated carbocycles. The number of hydrogen-bond donors (Lipinski definition) is 2. The van der Waals surface area contributed by atoms with E-state index in [1.165, 1.54) is 30.7 Å². The Hall–Kier alpha value is -1.42. The minimum atomic E-state index is -3.63. The number of nitrogens with one attached hydrogen (secondary N) is 1. The number of sulfonamides is 1. The van der Waals surface area contributed by atoms with E-state index < -0.39 is 10.0 Å². The van der Waals surface area contributed by atoms with Crippen molar-refractivity contribution in [2.75, 3.05) is 6.61 Å². The van der Waals surface area contributed by atoms with Gasteiger partial charge in [0.1, 0.15) is 0 Å². The molecule has 5 nitrogen and oxygen atoms in total. The van der Waals surface area contributed by atoms with Crippen LogP contribution in [-0.2, 0) is 10.0 Å². The molecule has 2 N–H and O–H groups in total. The smallest absolute Gasteiger partial charge is 0.240 e. The predicted octanol–water partition coefficient (Wildman–Crippen LogP) is 2.17. The molecule has 22 heavy (non-hydrogen) atoms. The van der Waals surface area contributed by atoms with Crippen molar-refractivity contribution >= 4 is 10.0 Å². The molecule has 1 atom stereocenters. The van der Waals surface area contributed by atoms with Gasteiger partial charge in [-0.05, 0) is 49.4 Å². The number of rotatable bonds is 6. The fourth-order valence-corrected chi connectivity index (χ4v) is 4.38. The van der Waals surface area contributed by atoms with E-state index >= 15 is 0 Å². The number of benzene rings is 1. The molecule has 0 aliphatic heterocycles. The predicted molar refractivity (Wildman–Crippen MR) is 83.5 cm³/mol. The third-order valence-corrected chi connectivity index (χ3v) is 5.77. The van der Waals surface area contributed by atoms with Crippen molar-refractivity contribution in [2.45, 2.75) is 49.5 Å². The Labute approximate surface area is 132 Å². The van der Waals surface area contributed by atoms with Crippen LogP contribution in [0.1, 0.15) is 44.1 Å². The van der Waals surface area contributed by atoms with Gasteiger partial charge in [0, 0.05) is 12.6 Å². The van der Waals surface area contributed by atoms with Crippen LogP contribution in [0.25, 0.3) is 0 Å². The minimum absolute atomic E-state index is 0.0307. The van der Waals surface area contributed by atoms with E-state index in [2.05, 4.69) is 4.72 Å². The molecule has 120 valence electrons. The van der Waals surface area contributed by atoms with Crippen molar-refractivity contribution in [1.29, 1.82) is 5.26 Å². The summed E-state index contributed by atoms with van der Waals surface area (Å²) in [6.45, 7) is -0.0307. The normalized spacial score (nSPS) is 17.8. The highest BCUT2D eigenvalue weighted by Crippen LogP contribution is 2.28. The highest BCUT2D eigenvalue weighted by Gasteiger charge is 2.27. The van der Waals surface area contributed by atoms with Crippen LogP contribution in [-0.4, -0.2) is 26.2 Å². The second-order valence-electron chi connectivity index (χ2n) is 5.77. The van der Waals surface area contributed by atoms with E-state index in [9.17, 15) is 13.5 Å². The third kappa shape index (κ3) is 4.29. The third-order valence-electron chi connectivity index (χ3n) is 4.26. The van der Waals surface area contributed by atoms with Gasteiger partial charge in [-0.1, -0.05) is 19.3 Å². The van der Waals surface area contributed by atoms with E-state index in [0.717, 1.165) is 25.7 Å². The van der Waals surface area contributed by atoms with Crippen LogP contribution >= 0.6 is 0 Å². The highest BCUT2D eigenvalue weighted by atomic mass is 32.2. The number of aliphatic hydroxyl groups excluding tert-OH is 1. The molecule has 1 fully saturated rings. The molecule has 0 bridgehead atoms. The first kappa shape index (κ1) is 16.9. The van der Waals surface area contributed by atoms with Gasteiger partial charge in [0.05, 0.1) is 16.5 Å². The summed E-state index contributed by atoms with van der Waals surface area (Å²) in [6, 6.07) is 7.62. The summed E-state index contributed by atoms with van der Waals surface area (Å²) in [5, 5.41) is 18.0. The summed E-state index contributed by atoms with van der Waals surface area (Å²) in [6.07, 6.45) is 5.86. The van der Waals surface area contributed by atoms with Gasteiger partial charge >= 0.3 is 0 Å². The average Bonchev–Trinajstić information content (AvgIpc) is 2.55. The highest BCUT2D eigenvalue weighted by molar-refractivity contribution is 7.89. The van der Waals surface area contributed by atoms with E-state index in [1.54, 1.807) is 0 Å². The Kier molecular flexibility index (Phi) is 5.95. The molecule has 1 aliphatic carbocycles. The molecule has 1 aliphatic rings. The number of nitriles is 1. The van der Waals surface area contributed by atoms with E-state index in [0.29, 0.717) is 12.0 Å². The standard InChI is InChI=1S/C16H22N2O3S/c17-12-13-6-8-15(9-7-13)22(20,21)18-16(10-11-19)14-4-2-1-3-5-14/h6-9,14,16,18-19H,1-5,10-11H2. The van der Waals surface area contributed by atoms with Gasteiger partial charge in [0.2, 0.25) is 10.0 Å². The molecule has 0 radical (unpaired) electrons. The summed E-state index contributed by atoms with van der Waals surface area (Å²) in [5.41, 5.74) is 0.429. The van der Waals surface area contributed by atoms with Crippen molar-refractivity contribution in [3.8, 4) is 6.07 Å². The van der Waals surface area contributed by atoms with Gasteiger partial charge in [0.25, 0.3) is 0 Å². The number of aliphatic hydroxyl groups is 1. The molecule has 6 heteroatoms. The number of hydrogen-bond acceptors (Lipinski definition) is 4. The van der Waals surface area contributed by atoms with Crippen LogP contribution in [0.3, 0.4) is 0 Å². The molecule has 0 aromatic heterocycles. The van der Waals surface area contributed by atoms with Gasteiger partial charge in [-0.25, -0.2) is 13.1 Å². The maximum atomic E-state index is 12.5. The van der Waals surface area contributed by atoms with E-state index in [-0.39, 0.29) is 23.5 Å². The molecule has 1 unspecified atom stereocenters. The van der Waals surface area contributed by atoms with E-state index in [4.69, 9.17) is 5.26 Å². The SMILES string of the molecule is N#Cc1ccc(S(=O)(=O)NC(CCO)C2CCCCC2)cc1. The molecule has 0 spiro atoms. The van der Waals surface area contributed by atoms with Crippen LogP contribution in [0.4, 0.5) is 0 Å². The van der Waals surface area contributed by atoms with Crippen LogP contribution in [0.2, 0.25) is 0 Å². The van der Waals surface area contributed by atoms with Crippen molar-refractivity contribution in [3.63, 3.8) is 0 Å². The quantitative estimate of drug-likeness (QED) is 0.840. The van der Waals surface area contributed by atoms with Crippen molar-refractivity contribution in [2.24, 2.45) is 5.92 Å². The van der Waals surface area contributed by atoms with Crippen molar-refractivity contribution in [3.05, 3.63) is 29.8 Å². The lowest BCUT2D eigenvalue weighted by atomic mass is 9.83. The second kappa shape index (κ2) is 7.73. The molecule has 1 aromatic carbocycles. The Balaban J connectivity index is 2.14. The molecular weight excluding hydrogens is 300 g/mol. The fourth-order valence-electron chi connectivity index (χ4n) is 3.04. The lowest BCUT2D eigenvalue weighted by Crippen LogP contribution is -2.41. The zero-order chi connectivity index (χ0) is 16.0. The maximum Gasteiger partial charge on any atom is 0.240 e. The Morgan fingerprint density at radius 2 is 1.86 bits per heavy atom. The first-order chi connectivity index (χ1) is 10.6. The lowest BCUT2D eigenvalue weighted by Gasteiger charge is -2.30. The summed E-state index contributed by atoms with van der Waals surface area (Å²) in [7, 11) is -3.63. The van der Waals surface area contributed by atoms with Gasteiger partial charge in [-0.2, -0.15) is 5.26 Å². The minimum Gasteiger partial charge on any atom is -0.396 e. The zero-order valence-corrected chi connectivity index (χ0v) is 13.3. The summed E-state index contributed by atoms with van der Waals surface area (Å²) >= 11 is 0. The van der Waals surface area contributed by atoms with Gasteiger partial charge < -0.3 is 5.11 Å². The Bertz CT molecular complexity index is 614. The van der Waals surface area contributed by atoms with Gasteiger partial charge in [-0.3, -0.25) is 0 Å². The van der Waals surface area contributed by atoms with Crippen LogP contribution in [0, 0.1) is 17.2 Å². The zero-order valence-electron chi connectivity index (χ0n) is 12.5. The summed E-state index contributed by atoms with van der Waals surface area (Å²) < 4.78 is 27.7. The van der Waals surface area contributed by atoms with Crippen molar-refractivity contribution in [1.82, 2.24) is 4.72 Å². The molecule has 0 heterocycles. The molecule has 0 saturated heterocycles. The monoisotopic (exact) mass is 322 g/mol. The first-order valence-corrected chi connectivity index (χ1v) is 9.18. The van der Waals surface area contributed by atoms with Gasteiger partial charge in [0.15, 0.2) is 0 Å².